The van der Waals surface area contributed by atoms with E-state index in [1.165, 1.54) is 13.0 Å². The van der Waals surface area contributed by atoms with Crippen molar-refractivity contribution in [2.75, 3.05) is 5.32 Å². The number of pyridine rings is 1. The van der Waals surface area contributed by atoms with Crippen LogP contribution < -0.4 is 10.7 Å². The van der Waals surface area contributed by atoms with Crippen molar-refractivity contribution < 1.29 is 13.2 Å². The second-order valence-corrected chi connectivity index (χ2v) is 8.11. The summed E-state index contributed by atoms with van der Waals surface area (Å²) in [5.74, 6) is -1.82. The highest BCUT2D eigenvalue weighted by molar-refractivity contribution is 6.29. The maximum Gasteiger partial charge on any atom is 0.196 e. The first-order chi connectivity index (χ1) is 15.7. The average Bonchev–Trinajstić information content (AvgIpc) is 2.78. The number of nitriles is 1. The monoisotopic (exact) mass is 465 g/mol. The van der Waals surface area contributed by atoms with Gasteiger partial charge in [0.2, 0.25) is 0 Å². The van der Waals surface area contributed by atoms with E-state index in [4.69, 9.17) is 16.0 Å². The number of halogens is 3. The third kappa shape index (κ3) is 4.06. The molecule has 4 aromatic rings. The maximum absolute atomic E-state index is 14.5. The maximum atomic E-state index is 14.5. The molecule has 0 aliphatic rings. The predicted molar refractivity (Wildman–Crippen MR) is 123 cm³/mol. The highest BCUT2D eigenvalue weighted by Crippen LogP contribution is 2.34. The number of rotatable bonds is 4. The first-order valence-corrected chi connectivity index (χ1v) is 10.4. The Kier molecular flexibility index (Phi) is 5.88. The van der Waals surface area contributed by atoms with Crippen LogP contribution in [0.4, 0.5) is 14.5 Å². The van der Waals surface area contributed by atoms with Gasteiger partial charge in [0.25, 0.3) is 0 Å². The van der Waals surface area contributed by atoms with Crippen LogP contribution in [0.25, 0.3) is 22.3 Å². The number of aromatic nitrogens is 1. The zero-order valence-electron chi connectivity index (χ0n) is 18.0. The Balaban J connectivity index is 1.94. The molecule has 1 atom stereocenters. The zero-order valence-corrected chi connectivity index (χ0v) is 18.7. The lowest BCUT2D eigenvalue weighted by Crippen LogP contribution is -2.13. The smallest absolute Gasteiger partial charge is 0.196 e. The van der Waals surface area contributed by atoms with Gasteiger partial charge in [0.15, 0.2) is 11.1 Å². The zero-order chi connectivity index (χ0) is 23.9. The molecule has 2 aromatic carbocycles. The van der Waals surface area contributed by atoms with Crippen molar-refractivity contribution >= 4 is 28.3 Å². The van der Waals surface area contributed by atoms with E-state index in [-0.39, 0.29) is 33.2 Å². The molecule has 0 saturated carbocycles. The summed E-state index contributed by atoms with van der Waals surface area (Å²) >= 11 is 5.88. The van der Waals surface area contributed by atoms with E-state index in [1.54, 1.807) is 18.2 Å². The minimum absolute atomic E-state index is 0.109. The fourth-order valence-corrected chi connectivity index (χ4v) is 3.94. The number of anilines is 1. The third-order valence-corrected chi connectivity index (χ3v) is 5.60. The van der Waals surface area contributed by atoms with E-state index in [9.17, 15) is 18.8 Å². The molecule has 0 fully saturated rings. The van der Waals surface area contributed by atoms with E-state index < -0.39 is 23.2 Å². The van der Waals surface area contributed by atoms with Gasteiger partial charge in [-0.05, 0) is 56.7 Å². The van der Waals surface area contributed by atoms with Gasteiger partial charge < -0.3 is 9.73 Å². The number of hydrogen-bond donors (Lipinski definition) is 1. The van der Waals surface area contributed by atoms with Crippen molar-refractivity contribution in [1.29, 1.82) is 5.26 Å². The number of aryl methyl sites for hydroxylation is 1. The largest absolute Gasteiger partial charge is 0.455 e. The van der Waals surface area contributed by atoms with E-state index >= 15 is 0 Å². The van der Waals surface area contributed by atoms with Gasteiger partial charge in [-0.25, -0.2) is 13.8 Å². The number of fused-ring (bicyclic) bond motifs is 1. The third-order valence-electron chi connectivity index (χ3n) is 5.39. The number of nitrogens with one attached hydrogen (secondary N) is 1. The van der Waals surface area contributed by atoms with E-state index in [1.807, 2.05) is 26.0 Å². The molecule has 2 heterocycles. The van der Waals surface area contributed by atoms with Crippen molar-refractivity contribution in [2.45, 2.75) is 26.8 Å². The Bertz CT molecular complexity index is 1490. The molecule has 5 nitrogen and oxygen atoms in total. The van der Waals surface area contributed by atoms with Crippen molar-refractivity contribution in [3.63, 3.8) is 0 Å². The Labute approximate surface area is 193 Å². The normalized spacial score (nSPS) is 11.9. The molecular formula is C25H18ClF2N3O2. The van der Waals surface area contributed by atoms with Crippen LogP contribution in [-0.4, -0.2) is 4.98 Å². The minimum Gasteiger partial charge on any atom is -0.455 e. The summed E-state index contributed by atoms with van der Waals surface area (Å²) in [4.78, 5) is 17.2. The highest BCUT2D eigenvalue weighted by Gasteiger charge is 2.23. The van der Waals surface area contributed by atoms with Crippen LogP contribution in [0.1, 0.15) is 35.3 Å². The summed E-state index contributed by atoms with van der Waals surface area (Å²) in [5.41, 5.74) is 1.48. The molecule has 1 unspecified atom stereocenters. The summed E-state index contributed by atoms with van der Waals surface area (Å²) in [6.07, 6.45) is 0. The molecule has 2 aromatic heterocycles. The molecule has 1 N–H and O–H groups in total. The number of hydrogen-bond acceptors (Lipinski definition) is 5. The molecule has 0 radical (unpaired) electrons. The molecular weight excluding hydrogens is 448 g/mol. The first kappa shape index (κ1) is 22.4. The first-order valence-electron chi connectivity index (χ1n) is 10.1. The molecule has 0 aliphatic carbocycles. The van der Waals surface area contributed by atoms with Gasteiger partial charge >= 0.3 is 0 Å². The predicted octanol–water partition coefficient (Wildman–Crippen LogP) is 6.45. The topological polar surface area (TPSA) is 78.9 Å². The number of benzene rings is 2. The van der Waals surface area contributed by atoms with Crippen LogP contribution >= 0.6 is 11.6 Å². The van der Waals surface area contributed by atoms with Crippen molar-refractivity contribution in [3.05, 3.63) is 91.9 Å². The van der Waals surface area contributed by atoms with Gasteiger partial charge in [-0.3, -0.25) is 4.79 Å². The minimum atomic E-state index is -0.827. The number of nitrogens with zero attached hydrogens (tertiary/aromatic N) is 2. The molecule has 0 bridgehead atoms. The fraction of sp³-hybridized carbons (Fsp3) is 0.160. The lowest BCUT2D eigenvalue weighted by Gasteiger charge is -2.19. The summed E-state index contributed by atoms with van der Waals surface area (Å²) < 4.78 is 35.0. The summed E-state index contributed by atoms with van der Waals surface area (Å²) in [6.45, 7) is 5.13. The van der Waals surface area contributed by atoms with Crippen molar-refractivity contribution in [3.8, 4) is 17.4 Å². The van der Waals surface area contributed by atoms with E-state index in [0.717, 1.165) is 17.7 Å². The summed E-state index contributed by atoms with van der Waals surface area (Å²) in [5, 5.41) is 13.0. The van der Waals surface area contributed by atoms with Crippen molar-refractivity contribution in [1.82, 2.24) is 4.98 Å². The van der Waals surface area contributed by atoms with E-state index in [0.29, 0.717) is 16.6 Å². The van der Waals surface area contributed by atoms with Gasteiger partial charge in [-0.1, -0.05) is 23.7 Å². The Morgan fingerprint density at radius 3 is 2.52 bits per heavy atom. The van der Waals surface area contributed by atoms with Crippen LogP contribution in [0.15, 0.2) is 51.7 Å². The SMILES string of the molecule is Cc1cc(C(C)Nc2ccc(Cl)nc2C#N)c2oc(-c3c(F)cccc3F)c(C)c(=O)c2c1. The molecule has 8 heteroatoms. The Morgan fingerprint density at radius 1 is 1.15 bits per heavy atom. The molecule has 0 spiro atoms. The molecule has 0 saturated heterocycles. The van der Waals surface area contributed by atoms with Crippen LogP contribution in [-0.2, 0) is 0 Å². The van der Waals surface area contributed by atoms with Crippen LogP contribution in [0, 0.1) is 36.8 Å². The highest BCUT2D eigenvalue weighted by atomic mass is 35.5. The molecule has 33 heavy (non-hydrogen) atoms. The lowest BCUT2D eigenvalue weighted by atomic mass is 9.98. The van der Waals surface area contributed by atoms with E-state index in [2.05, 4.69) is 10.3 Å². The second-order valence-electron chi connectivity index (χ2n) is 7.72. The average molecular weight is 466 g/mol. The van der Waals surface area contributed by atoms with Crippen LogP contribution in [0.3, 0.4) is 0 Å². The van der Waals surface area contributed by atoms with Crippen molar-refractivity contribution in [2.24, 2.45) is 0 Å². The molecule has 0 aliphatic heterocycles. The quantitative estimate of drug-likeness (QED) is 0.350. The van der Waals surface area contributed by atoms with Crippen LogP contribution in [0.2, 0.25) is 5.15 Å². The standard InChI is InChI=1S/C25H18ClF2N3O2/c1-12-9-15(14(3)30-19-7-8-21(26)31-20(19)11-29)25-16(10-12)23(32)13(2)24(33-25)22-17(27)5-4-6-18(22)28/h4-10,14,30H,1-3H3. The van der Waals surface area contributed by atoms with Crippen LogP contribution in [0.5, 0.6) is 0 Å². The molecule has 0 amide bonds. The van der Waals surface area contributed by atoms with Gasteiger partial charge in [-0.15, -0.1) is 0 Å². The summed E-state index contributed by atoms with van der Waals surface area (Å²) in [7, 11) is 0. The molecule has 4 rings (SSSR count). The van der Waals surface area contributed by atoms with Gasteiger partial charge in [0, 0.05) is 11.1 Å². The fourth-order valence-electron chi connectivity index (χ4n) is 3.79. The van der Waals surface area contributed by atoms with Gasteiger partial charge in [-0.2, -0.15) is 5.26 Å². The lowest BCUT2D eigenvalue weighted by molar-refractivity contribution is 0.557. The second kappa shape index (κ2) is 8.64. The van der Waals surface area contributed by atoms with Gasteiger partial charge in [0.1, 0.15) is 34.2 Å². The summed E-state index contributed by atoms with van der Waals surface area (Å²) in [6, 6.07) is 11.7. The molecule has 166 valence electrons. The Hall–Kier alpha value is -3.76. The van der Waals surface area contributed by atoms with Gasteiger partial charge in [0.05, 0.1) is 22.7 Å². The Morgan fingerprint density at radius 2 is 1.85 bits per heavy atom.